The molecule has 2 aromatic carbocycles. The van der Waals surface area contributed by atoms with Crippen molar-refractivity contribution in [3.63, 3.8) is 0 Å². The lowest BCUT2D eigenvalue weighted by Gasteiger charge is -2.35. The van der Waals surface area contributed by atoms with Gasteiger partial charge in [0.05, 0.1) is 24.0 Å². The van der Waals surface area contributed by atoms with Gasteiger partial charge in [-0.25, -0.2) is 0 Å². The van der Waals surface area contributed by atoms with E-state index in [1.807, 2.05) is 59.5 Å². The quantitative estimate of drug-likeness (QED) is 0.150. The van der Waals surface area contributed by atoms with Crippen LogP contribution in [0.4, 0.5) is 0 Å². The Kier molecular flexibility index (Phi) is 12.9. The molecule has 4 amide bonds. The normalized spacial score (nSPS) is 18.3. The summed E-state index contributed by atoms with van der Waals surface area (Å²) in [7, 11) is 3.21. The lowest BCUT2D eigenvalue weighted by molar-refractivity contribution is -0.140. The molecule has 3 saturated heterocycles. The maximum absolute atomic E-state index is 13.0. The molecule has 0 N–H and O–H groups in total. The van der Waals surface area contributed by atoms with Crippen molar-refractivity contribution < 1.29 is 28.7 Å². The molecule has 0 saturated carbocycles. The van der Waals surface area contributed by atoms with Crippen LogP contribution in [-0.4, -0.2) is 105 Å². The fourth-order valence-corrected chi connectivity index (χ4v) is 8.16. The van der Waals surface area contributed by atoms with Gasteiger partial charge >= 0.3 is 0 Å². The second-order valence-corrected chi connectivity index (χ2v) is 14.9. The van der Waals surface area contributed by atoms with Crippen LogP contribution in [0.2, 0.25) is 0 Å². The van der Waals surface area contributed by atoms with E-state index in [4.69, 9.17) is 33.9 Å². The summed E-state index contributed by atoms with van der Waals surface area (Å²) in [6, 6.07) is 14.9. The predicted molar refractivity (Wildman–Crippen MR) is 202 cm³/mol. The monoisotopic (exact) mass is 738 g/mol. The summed E-state index contributed by atoms with van der Waals surface area (Å²) in [6.07, 6.45) is 6.47. The molecule has 2 aromatic rings. The maximum atomic E-state index is 13.0. The van der Waals surface area contributed by atoms with Crippen molar-refractivity contribution in [2.24, 2.45) is 0 Å². The number of thiocarbonyl (C=S) groups is 2. The standard InChI is InChI=1S/C35H38N4O6S4/c1-44-26-11-7-24(8-12-26)22-28-32(42)38(34(46)48-28)16-5-3-4-6-30(40)36-18-20-37(21-19-36)31(41)15-17-39-33(43)29(49-35(39)47)23-25-9-13-27(45-2)14-10-25/h7-14,22-23H,3-6,15-21H2,1-2H3/b28-22-,29-23+. The van der Waals surface area contributed by atoms with Gasteiger partial charge in [0, 0.05) is 52.1 Å². The molecule has 0 aliphatic carbocycles. The molecule has 0 radical (unpaired) electrons. The van der Waals surface area contributed by atoms with Crippen LogP contribution in [0.1, 0.15) is 43.2 Å². The molecule has 3 heterocycles. The van der Waals surface area contributed by atoms with Crippen LogP contribution < -0.4 is 9.47 Å². The maximum Gasteiger partial charge on any atom is 0.266 e. The van der Waals surface area contributed by atoms with Gasteiger partial charge in [0.2, 0.25) is 11.8 Å². The molecule has 0 atom stereocenters. The Labute approximate surface area is 305 Å². The topological polar surface area (TPSA) is 99.7 Å². The van der Waals surface area contributed by atoms with E-state index >= 15 is 0 Å². The van der Waals surface area contributed by atoms with E-state index in [-0.39, 0.29) is 36.6 Å². The van der Waals surface area contributed by atoms with Crippen molar-refractivity contribution >= 4 is 92.4 Å². The average Bonchev–Trinajstić information content (AvgIpc) is 3.54. The minimum atomic E-state index is -0.200. The van der Waals surface area contributed by atoms with E-state index in [1.54, 1.807) is 30.1 Å². The molecule has 3 fully saturated rings. The fourth-order valence-electron chi connectivity index (χ4n) is 5.54. The van der Waals surface area contributed by atoms with Gasteiger partial charge in [-0.05, 0) is 60.4 Å². The van der Waals surface area contributed by atoms with Crippen molar-refractivity contribution in [1.82, 2.24) is 19.6 Å². The molecule has 10 nitrogen and oxygen atoms in total. The summed E-state index contributed by atoms with van der Waals surface area (Å²) in [4.78, 5) is 59.6. The summed E-state index contributed by atoms with van der Waals surface area (Å²) in [5.41, 5.74) is 1.76. The van der Waals surface area contributed by atoms with Gasteiger partial charge in [-0.15, -0.1) is 0 Å². The first-order valence-electron chi connectivity index (χ1n) is 16.0. The minimum absolute atomic E-state index is 0.0603. The van der Waals surface area contributed by atoms with Crippen LogP contribution in [0, 0.1) is 0 Å². The number of benzene rings is 2. The second-order valence-electron chi connectivity index (χ2n) is 11.5. The number of rotatable bonds is 13. The minimum Gasteiger partial charge on any atom is -0.497 e. The molecule has 3 aliphatic rings. The van der Waals surface area contributed by atoms with Gasteiger partial charge in [0.1, 0.15) is 20.1 Å². The molecule has 14 heteroatoms. The first kappa shape index (κ1) is 36.6. The summed E-state index contributed by atoms with van der Waals surface area (Å²) in [6.45, 7) is 2.61. The number of amides is 4. The number of carbonyl (C=O) groups excluding carboxylic acids is 4. The van der Waals surface area contributed by atoms with Crippen LogP contribution >= 0.6 is 48.0 Å². The number of nitrogens with zero attached hydrogens (tertiary/aromatic N) is 4. The zero-order valence-electron chi connectivity index (χ0n) is 27.4. The largest absolute Gasteiger partial charge is 0.497 e. The summed E-state index contributed by atoms with van der Waals surface area (Å²) >= 11 is 13.4. The molecule has 0 aromatic heterocycles. The van der Waals surface area contributed by atoms with Crippen molar-refractivity contribution in [3.8, 4) is 11.5 Å². The highest BCUT2D eigenvalue weighted by Gasteiger charge is 2.33. The van der Waals surface area contributed by atoms with Gasteiger partial charge < -0.3 is 19.3 Å². The van der Waals surface area contributed by atoms with E-state index < -0.39 is 0 Å². The molecule has 0 bridgehead atoms. The van der Waals surface area contributed by atoms with Crippen LogP contribution in [-0.2, 0) is 19.2 Å². The lowest BCUT2D eigenvalue weighted by Crippen LogP contribution is -2.51. The van der Waals surface area contributed by atoms with Crippen molar-refractivity contribution in [2.75, 3.05) is 53.5 Å². The molecule has 49 heavy (non-hydrogen) atoms. The van der Waals surface area contributed by atoms with E-state index in [0.29, 0.717) is 64.0 Å². The number of hydrogen-bond acceptors (Lipinski definition) is 10. The third-order valence-corrected chi connectivity index (χ3v) is 11.1. The summed E-state index contributed by atoms with van der Waals surface area (Å²) < 4.78 is 11.4. The smallest absolute Gasteiger partial charge is 0.266 e. The van der Waals surface area contributed by atoms with Crippen molar-refractivity contribution in [2.45, 2.75) is 32.1 Å². The number of carbonyl (C=O) groups is 4. The number of methoxy groups -OCH3 is 2. The zero-order chi connectivity index (χ0) is 34.9. The zero-order valence-corrected chi connectivity index (χ0v) is 30.7. The van der Waals surface area contributed by atoms with Gasteiger partial charge in [-0.2, -0.15) is 0 Å². The first-order valence-corrected chi connectivity index (χ1v) is 18.5. The molecule has 5 rings (SSSR count). The number of unbranched alkanes of at least 4 members (excludes halogenated alkanes) is 2. The molecule has 3 aliphatic heterocycles. The summed E-state index contributed by atoms with van der Waals surface area (Å²) in [5, 5.41) is 0. The lowest BCUT2D eigenvalue weighted by atomic mass is 10.1. The Morgan fingerprint density at radius 2 is 1.08 bits per heavy atom. The van der Waals surface area contributed by atoms with E-state index in [1.165, 1.54) is 28.4 Å². The van der Waals surface area contributed by atoms with Gasteiger partial charge in [-0.3, -0.25) is 29.0 Å². The number of hydrogen-bond donors (Lipinski definition) is 0. The number of piperazine rings is 1. The molecule has 0 unspecified atom stereocenters. The Balaban J connectivity index is 0.978. The molecular formula is C35H38N4O6S4. The molecule has 258 valence electrons. The van der Waals surface area contributed by atoms with E-state index in [0.717, 1.165) is 35.5 Å². The molecule has 0 spiro atoms. The number of thioether (sulfide) groups is 2. The highest BCUT2D eigenvalue weighted by Crippen LogP contribution is 2.34. The Morgan fingerprint density at radius 3 is 1.53 bits per heavy atom. The van der Waals surface area contributed by atoms with Crippen LogP contribution in [0.15, 0.2) is 58.3 Å². The SMILES string of the molecule is COc1ccc(/C=C2\SC(=S)N(CCCCCC(=O)N3CCN(C(=O)CCN4C(=O)/C(=C\c5ccc(OC)cc5)SC4=S)CC3)C2=O)cc1. The van der Waals surface area contributed by atoms with Gasteiger partial charge in [0.25, 0.3) is 11.8 Å². The van der Waals surface area contributed by atoms with Crippen LogP contribution in [0.25, 0.3) is 12.2 Å². The highest BCUT2D eigenvalue weighted by molar-refractivity contribution is 8.27. The van der Waals surface area contributed by atoms with Crippen LogP contribution in [0.5, 0.6) is 11.5 Å². The van der Waals surface area contributed by atoms with Gasteiger partial charge in [0.15, 0.2) is 0 Å². The molecular weight excluding hydrogens is 701 g/mol. The highest BCUT2D eigenvalue weighted by atomic mass is 32.2. The first-order chi connectivity index (χ1) is 23.7. The average molecular weight is 739 g/mol. The summed E-state index contributed by atoms with van der Waals surface area (Å²) in [5.74, 6) is 1.21. The Bertz CT molecular complexity index is 1650. The van der Waals surface area contributed by atoms with Gasteiger partial charge in [-0.1, -0.05) is 78.6 Å². The van der Waals surface area contributed by atoms with E-state index in [9.17, 15) is 19.2 Å². The Morgan fingerprint density at radius 1 is 0.653 bits per heavy atom. The van der Waals surface area contributed by atoms with Crippen LogP contribution in [0.3, 0.4) is 0 Å². The third kappa shape index (κ3) is 9.50. The predicted octanol–water partition coefficient (Wildman–Crippen LogP) is 5.43. The van der Waals surface area contributed by atoms with Crippen molar-refractivity contribution in [1.29, 1.82) is 0 Å². The van der Waals surface area contributed by atoms with Crippen molar-refractivity contribution in [3.05, 3.63) is 69.5 Å². The fraction of sp³-hybridized carbons (Fsp3) is 0.371. The second kappa shape index (κ2) is 17.3. The van der Waals surface area contributed by atoms with E-state index in [2.05, 4.69) is 0 Å². The number of ether oxygens (including phenoxy) is 2. The third-order valence-electron chi connectivity index (χ3n) is 8.38. The Hall–Kier alpha value is -3.72.